The van der Waals surface area contributed by atoms with Crippen LogP contribution in [-0.4, -0.2) is 61.7 Å². The molecule has 10 heteroatoms. The molecule has 5 aromatic rings. The lowest BCUT2D eigenvalue weighted by atomic mass is 9.97. The molecule has 0 spiro atoms. The molecule has 0 unspecified atom stereocenters. The Morgan fingerprint density at radius 3 is 2.56 bits per heavy atom. The van der Waals surface area contributed by atoms with E-state index in [0.29, 0.717) is 36.2 Å². The molecule has 10 nitrogen and oxygen atoms in total. The van der Waals surface area contributed by atoms with Crippen molar-refractivity contribution in [2.45, 2.75) is 64.4 Å². The summed E-state index contributed by atoms with van der Waals surface area (Å²) in [7, 11) is 3.65. The molecule has 48 heavy (non-hydrogen) atoms. The molecule has 8 rings (SSSR count). The molecule has 2 bridgehead atoms. The Kier molecular flexibility index (Phi) is 7.53. The zero-order chi connectivity index (χ0) is 33.3. The summed E-state index contributed by atoms with van der Waals surface area (Å²) in [5.74, 6) is 2.27. The number of aliphatic hydroxyl groups excluding tert-OH is 1. The van der Waals surface area contributed by atoms with Gasteiger partial charge in [0.05, 0.1) is 30.4 Å². The average Bonchev–Trinajstić information content (AvgIpc) is 3.48. The number of ether oxygens (including phenoxy) is 1. The number of nitrogens with two attached hydrogens (primary N) is 1. The fourth-order valence-corrected chi connectivity index (χ4v) is 8.09. The number of benzene rings is 3. The molecular formula is C38H42N6O4. The van der Waals surface area contributed by atoms with Gasteiger partial charge < -0.3 is 34.9 Å². The van der Waals surface area contributed by atoms with Gasteiger partial charge in [0.1, 0.15) is 11.3 Å². The number of aromatic nitrogens is 3. The molecule has 3 heterocycles. The van der Waals surface area contributed by atoms with Crippen molar-refractivity contribution in [1.82, 2.24) is 24.3 Å². The Labute approximate surface area is 279 Å². The molecule has 2 aromatic heterocycles. The molecule has 2 saturated carbocycles. The molecular weight excluding hydrogens is 604 g/mol. The predicted molar refractivity (Wildman–Crippen MR) is 185 cm³/mol. The molecule has 248 valence electrons. The van der Waals surface area contributed by atoms with Crippen LogP contribution in [0.3, 0.4) is 0 Å². The second-order valence-corrected chi connectivity index (χ2v) is 13.9. The number of nitrogens with zero attached hydrogens (tertiary/aromatic N) is 4. The molecule has 3 fully saturated rings. The molecule has 2 aliphatic carbocycles. The van der Waals surface area contributed by atoms with E-state index in [4.69, 9.17) is 15.5 Å². The van der Waals surface area contributed by atoms with Crippen molar-refractivity contribution in [3.63, 3.8) is 0 Å². The van der Waals surface area contributed by atoms with Crippen molar-refractivity contribution in [2.75, 3.05) is 13.7 Å². The molecule has 1 aliphatic heterocycles. The van der Waals surface area contributed by atoms with Crippen LogP contribution in [0.5, 0.6) is 5.75 Å². The fraction of sp³-hybridized carbons (Fsp3) is 0.395. The van der Waals surface area contributed by atoms with Gasteiger partial charge in [0.2, 0.25) is 5.91 Å². The molecule has 3 aromatic carbocycles. The van der Waals surface area contributed by atoms with Crippen LogP contribution in [0.25, 0.3) is 44.6 Å². The number of rotatable bonds is 9. The van der Waals surface area contributed by atoms with Crippen molar-refractivity contribution in [1.29, 1.82) is 0 Å². The van der Waals surface area contributed by atoms with Gasteiger partial charge in [-0.1, -0.05) is 30.3 Å². The number of amides is 2. The minimum Gasteiger partial charge on any atom is -0.494 e. The summed E-state index contributed by atoms with van der Waals surface area (Å²) < 4.78 is 10.4. The first-order chi connectivity index (χ1) is 23.2. The van der Waals surface area contributed by atoms with E-state index in [-0.39, 0.29) is 30.5 Å². The van der Waals surface area contributed by atoms with E-state index in [1.54, 1.807) is 7.11 Å². The topological polar surface area (TPSA) is 128 Å². The number of hydrogen-bond acceptors (Lipinski definition) is 6. The Balaban J connectivity index is 1.24. The second kappa shape index (κ2) is 11.8. The highest BCUT2D eigenvalue weighted by Crippen LogP contribution is 2.42. The van der Waals surface area contributed by atoms with Crippen molar-refractivity contribution in [2.24, 2.45) is 24.6 Å². The van der Waals surface area contributed by atoms with Gasteiger partial charge in [-0.25, -0.2) is 4.98 Å². The normalized spacial score (nSPS) is 20.3. The van der Waals surface area contributed by atoms with Gasteiger partial charge in [0.25, 0.3) is 5.91 Å². The Morgan fingerprint density at radius 1 is 1.04 bits per heavy atom. The molecule has 3 aliphatic rings. The van der Waals surface area contributed by atoms with Gasteiger partial charge >= 0.3 is 0 Å². The number of para-hydroxylation sites is 1. The average molecular weight is 647 g/mol. The maximum Gasteiger partial charge on any atom is 0.254 e. The van der Waals surface area contributed by atoms with Crippen LogP contribution in [0.4, 0.5) is 0 Å². The number of hydrogen-bond donors (Lipinski definition) is 3. The minimum absolute atomic E-state index is 0.0112. The summed E-state index contributed by atoms with van der Waals surface area (Å²) in [5, 5.41) is 14.2. The maximum absolute atomic E-state index is 13.8. The standard InChI is InChI=1S/C38H42N6O4/c1-21(46)40-17-25-10-9-23(13-28(25)20-45)29-6-4-5-24-15-32(43(35(24)29)18-22-7-8-22)37-41-30-14-27(16-33(48-3)36(30)42(37)2)38(47)44-19-26-11-12-31(44)34(26)39/h4-6,9-10,13-16,22,26,31,34,45H,7-8,11-12,17-20,39H2,1-3H3,(H,40,46)/t26-,31-,34-/m1/s1. The lowest BCUT2D eigenvalue weighted by Crippen LogP contribution is -2.41. The smallest absolute Gasteiger partial charge is 0.254 e. The van der Waals surface area contributed by atoms with Gasteiger partial charge in [-0.05, 0) is 78.5 Å². The third-order valence-corrected chi connectivity index (χ3v) is 10.8. The number of aliphatic hydroxyl groups is 1. The quantitative estimate of drug-likeness (QED) is 0.208. The van der Waals surface area contributed by atoms with Crippen molar-refractivity contribution in [3.05, 3.63) is 71.3 Å². The number of likely N-dealkylation sites (tertiary alicyclic amines) is 1. The van der Waals surface area contributed by atoms with Crippen molar-refractivity contribution < 1.29 is 19.4 Å². The Hall–Kier alpha value is -4.67. The van der Waals surface area contributed by atoms with Gasteiger partial charge in [-0.2, -0.15) is 0 Å². The van der Waals surface area contributed by atoms with E-state index < -0.39 is 0 Å². The van der Waals surface area contributed by atoms with Crippen molar-refractivity contribution >= 4 is 33.8 Å². The van der Waals surface area contributed by atoms with Gasteiger partial charge in [0, 0.05) is 62.2 Å². The Bertz CT molecular complexity index is 2090. The fourth-order valence-electron chi connectivity index (χ4n) is 8.09. The first kappa shape index (κ1) is 30.7. The van der Waals surface area contributed by atoms with Crippen LogP contribution in [0.2, 0.25) is 0 Å². The number of fused-ring (bicyclic) bond motifs is 4. The first-order valence-electron chi connectivity index (χ1n) is 17.0. The largest absolute Gasteiger partial charge is 0.494 e. The third kappa shape index (κ3) is 5.05. The van der Waals surface area contributed by atoms with E-state index in [1.165, 1.54) is 19.8 Å². The van der Waals surface area contributed by atoms with E-state index >= 15 is 0 Å². The SMILES string of the molecule is COc1cc(C(=O)N2C[C@H]3CC[C@@H]2[C@@H]3N)cc2nc(-c3cc4cccc(-c5ccc(CNC(C)=O)c(CO)c5)c4n3CC3CC3)n(C)c12. The van der Waals surface area contributed by atoms with Gasteiger partial charge in [0.15, 0.2) is 5.82 Å². The Morgan fingerprint density at radius 2 is 1.88 bits per heavy atom. The number of nitrogens with one attached hydrogen (secondary N) is 1. The zero-order valence-electron chi connectivity index (χ0n) is 27.7. The minimum atomic E-state index is -0.120. The van der Waals surface area contributed by atoms with Crippen LogP contribution in [0.1, 0.15) is 54.1 Å². The molecule has 2 amide bonds. The summed E-state index contributed by atoms with van der Waals surface area (Å²) in [6.07, 6.45) is 4.43. The highest BCUT2D eigenvalue weighted by atomic mass is 16.5. The van der Waals surface area contributed by atoms with Crippen LogP contribution < -0.4 is 15.8 Å². The summed E-state index contributed by atoms with van der Waals surface area (Å²) in [5.41, 5.74) is 14.5. The predicted octanol–water partition coefficient (Wildman–Crippen LogP) is 4.97. The zero-order valence-corrected chi connectivity index (χ0v) is 27.7. The van der Waals surface area contributed by atoms with E-state index in [0.717, 1.165) is 75.1 Å². The van der Waals surface area contributed by atoms with Crippen LogP contribution in [-0.2, 0) is 31.5 Å². The number of piperidine rings is 1. The number of imidazole rings is 1. The summed E-state index contributed by atoms with van der Waals surface area (Å²) >= 11 is 0. The van der Waals surface area contributed by atoms with E-state index in [1.807, 2.05) is 36.2 Å². The number of aryl methyl sites for hydroxylation is 1. The summed E-state index contributed by atoms with van der Waals surface area (Å²) in [6, 6.07) is 18.5. The number of carbonyl (C=O) groups excluding carboxylic acids is 2. The second-order valence-electron chi connectivity index (χ2n) is 13.9. The van der Waals surface area contributed by atoms with Crippen molar-refractivity contribution in [3.8, 4) is 28.4 Å². The van der Waals surface area contributed by atoms with Crippen LogP contribution in [0.15, 0.2) is 54.6 Å². The van der Waals surface area contributed by atoms with Crippen LogP contribution in [0, 0.1) is 11.8 Å². The summed E-state index contributed by atoms with van der Waals surface area (Å²) in [4.78, 5) is 32.5. The molecule has 1 saturated heterocycles. The molecule has 4 N–H and O–H groups in total. The van der Waals surface area contributed by atoms with Crippen LogP contribution >= 0.6 is 0 Å². The monoisotopic (exact) mass is 646 g/mol. The lowest BCUT2D eigenvalue weighted by molar-refractivity contribution is -0.119. The van der Waals surface area contributed by atoms with Gasteiger partial charge in [-0.15, -0.1) is 0 Å². The maximum atomic E-state index is 13.8. The number of carbonyl (C=O) groups is 2. The molecule has 3 atom stereocenters. The van der Waals surface area contributed by atoms with E-state index in [9.17, 15) is 14.7 Å². The molecule has 0 radical (unpaired) electrons. The lowest BCUT2D eigenvalue weighted by Gasteiger charge is -2.27. The summed E-state index contributed by atoms with van der Waals surface area (Å²) in [6.45, 7) is 3.32. The van der Waals surface area contributed by atoms with Gasteiger partial charge in [-0.3, -0.25) is 9.59 Å². The highest BCUT2D eigenvalue weighted by molar-refractivity contribution is 6.01. The van der Waals surface area contributed by atoms with E-state index in [2.05, 4.69) is 44.8 Å². The number of methoxy groups -OCH3 is 1. The first-order valence-corrected chi connectivity index (χ1v) is 17.0. The highest BCUT2D eigenvalue weighted by Gasteiger charge is 2.47. The third-order valence-electron chi connectivity index (χ3n) is 10.8.